The predicted octanol–water partition coefficient (Wildman–Crippen LogP) is 4.86. The second kappa shape index (κ2) is 8.95. The minimum Gasteiger partial charge on any atom is -0.351 e. The summed E-state index contributed by atoms with van der Waals surface area (Å²) in [6, 6.07) is 7.62. The molecule has 1 fully saturated rings. The summed E-state index contributed by atoms with van der Waals surface area (Å²) in [6.45, 7) is 3.51. The zero-order valence-corrected chi connectivity index (χ0v) is 15.7. The van der Waals surface area contributed by atoms with Gasteiger partial charge in [0.05, 0.1) is 6.20 Å². The lowest BCUT2D eigenvalue weighted by Crippen LogP contribution is -2.27. The minimum atomic E-state index is -0.707. The molecule has 0 spiro atoms. The number of allylic oxidation sites excluding steroid dienone is 1. The number of rotatable bonds is 7. The molecule has 27 heavy (non-hydrogen) atoms. The first kappa shape index (κ1) is 19.3. The van der Waals surface area contributed by atoms with Crippen LogP contribution in [0.25, 0.3) is 0 Å². The van der Waals surface area contributed by atoms with Gasteiger partial charge in [-0.2, -0.15) is 4.98 Å². The third kappa shape index (κ3) is 5.26. The highest BCUT2D eigenvalue weighted by atomic mass is 35.5. The summed E-state index contributed by atoms with van der Waals surface area (Å²) in [5, 5.41) is 6.81. The Kier molecular flexibility index (Phi) is 6.40. The van der Waals surface area contributed by atoms with E-state index in [1.807, 2.05) is 24.3 Å². The number of carbonyl (C=O) groups excluding carboxylic acids is 1. The monoisotopic (exact) mass is 388 g/mol. The second-order valence-corrected chi connectivity index (χ2v) is 7.02. The Morgan fingerprint density at radius 3 is 2.78 bits per heavy atom. The second-order valence-electron chi connectivity index (χ2n) is 6.61. The number of hydrogen-bond donors (Lipinski definition) is 2. The van der Waals surface area contributed by atoms with Crippen LogP contribution < -0.4 is 10.6 Å². The summed E-state index contributed by atoms with van der Waals surface area (Å²) in [6.07, 6.45) is 4.99. The van der Waals surface area contributed by atoms with Crippen molar-refractivity contribution in [1.29, 1.82) is 0 Å². The summed E-state index contributed by atoms with van der Waals surface area (Å²) >= 11 is 6.25. The fourth-order valence-corrected chi connectivity index (χ4v) is 3.23. The molecule has 0 atom stereocenters. The Balaban J connectivity index is 1.75. The molecule has 1 aromatic heterocycles. The summed E-state index contributed by atoms with van der Waals surface area (Å²) in [7, 11) is 0. The van der Waals surface area contributed by atoms with E-state index in [0.717, 1.165) is 24.1 Å². The highest BCUT2D eigenvalue weighted by Crippen LogP contribution is 2.28. The van der Waals surface area contributed by atoms with E-state index in [1.165, 1.54) is 12.3 Å². The number of para-hydroxylation sites is 1. The molecule has 0 amide bonds. The zero-order valence-electron chi connectivity index (χ0n) is 14.9. The summed E-state index contributed by atoms with van der Waals surface area (Å²) in [4.78, 5) is 20.4. The van der Waals surface area contributed by atoms with Gasteiger partial charge in [-0.1, -0.05) is 36.4 Å². The molecule has 3 rings (SSSR count). The SMILES string of the molecule is C=CC(=O)Cc1ccccc1Nc1nc(NC2CCC(F)CC2)ncc1Cl. The molecule has 0 saturated heterocycles. The van der Waals surface area contributed by atoms with Gasteiger partial charge in [0.25, 0.3) is 0 Å². The lowest BCUT2D eigenvalue weighted by Gasteiger charge is -2.25. The van der Waals surface area contributed by atoms with E-state index in [0.29, 0.717) is 29.6 Å². The van der Waals surface area contributed by atoms with Crippen LogP contribution in [0.2, 0.25) is 5.02 Å². The first-order valence-corrected chi connectivity index (χ1v) is 9.36. The topological polar surface area (TPSA) is 66.9 Å². The molecule has 2 N–H and O–H groups in total. The highest BCUT2D eigenvalue weighted by Gasteiger charge is 2.21. The highest BCUT2D eigenvalue weighted by molar-refractivity contribution is 6.32. The molecule has 0 radical (unpaired) electrons. The number of benzene rings is 1. The first-order chi connectivity index (χ1) is 13.0. The van der Waals surface area contributed by atoms with Crippen LogP contribution in [0, 0.1) is 0 Å². The summed E-state index contributed by atoms with van der Waals surface area (Å²) < 4.78 is 13.3. The van der Waals surface area contributed by atoms with Crippen LogP contribution in [0.3, 0.4) is 0 Å². The summed E-state index contributed by atoms with van der Waals surface area (Å²) in [5.41, 5.74) is 1.57. The van der Waals surface area contributed by atoms with Crippen molar-refractivity contribution in [2.45, 2.75) is 44.3 Å². The number of anilines is 3. The Hall–Kier alpha value is -2.47. The molecular weight excluding hydrogens is 367 g/mol. The fourth-order valence-electron chi connectivity index (χ4n) is 3.09. The molecule has 142 valence electrons. The van der Waals surface area contributed by atoms with Gasteiger partial charge >= 0.3 is 0 Å². The van der Waals surface area contributed by atoms with Gasteiger partial charge in [-0.25, -0.2) is 9.37 Å². The molecule has 1 heterocycles. The van der Waals surface area contributed by atoms with E-state index in [1.54, 1.807) is 0 Å². The van der Waals surface area contributed by atoms with Crippen LogP contribution in [0.4, 0.5) is 21.8 Å². The molecule has 1 saturated carbocycles. The van der Waals surface area contributed by atoms with Gasteiger partial charge in [0, 0.05) is 18.2 Å². The van der Waals surface area contributed by atoms with Crippen molar-refractivity contribution in [3.8, 4) is 0 Å². The molecule has 0 unspecified atom stereocenters. The van der Waals surface area contributed by atoms with Crippen molar-refractivity contribution >= 4 is 34.8 Å². The Morgan fingerprint density at radius 1 is 1.30 bits per heavy atom. The van der Waals surface area contributed by atoms with Crippen LogP contribution in [-0.4, -0.2) is 28.0 Å². The van der Waals surface area contributed by atoms with Gasteiger partial charge in [0.2, 0.25) is 5.95 Å². The lowest BCUT2D eigenvalue weighted by molar-refractivity contribution is -0.114. The molecule has 1 aromatic carbocycles. The standard InChI is InChI=1S/C20H22ClFN4O/c1-2-16(27)11-13-5-3-4-6-18(13)25-19-17(21)12-23-20(26-19)24-15-9-7-14(22)8-10-15/h2-6,12,14-15H,1,7-11H2,(H2,23,24,25,26). The van der Waals surface area contributed by atoms with Crippen molar-refractivity contribution in [1.82, 2.24) is 9.97 Å². The fraction of sp³-hybridized carbons (Fsp3) is 0.350. The molecule has 7 heteroatoms. The third-order valence-electron chi connectivity index (χ3n) is 4.60. The van der Waals surface area contributed by atoms with Crippen molar-refractivity contribution in [3.05, 3.63) is 53.7 Å². The number of hydrogen-bond acceptors (Lipinski definition) is 5. The lowest BCUT2D eigenvalue weighted by atomic mass is 9.94. The van der Waals surface area contributed by atoms with Gasteiger partial charge in [0.1, 0.15) is 11.2 Å². The normalized spacial score (nSPS) is 19.3. The number of ketones is 1. The smallest absolute Gasteiger partial charge is 0.224 e. The van der Waals surface area contributed by atoms with Crippen LogP contribution in [0.5, 0.6) is 0 Å². The number of halogens is 2. The van der Waals surface area contributed by atoms with E-state index in [-0.39, 0.29) is 18.2 Å². The van der Waals surface area contributed by atoms with E-state index in [2.05, 4.69) is 27.2 Å². The van der Waals surface area contributed by atoms with Crippen molar-refractivity contribution in [2.75, 3.05) is 10.6 Å². The summed E-state index contributed by atoms with van der Waals surface area (Å²) in [5.74, 6) is 0.833. The van der Waals surface area contributed by atoms with Crippen molar-refractivity contribution in [2.24, 2.45) is 0 Å². The zero-order chi connectivity index (χ0) is 19.2. The molecule has 2 aromatic rings. The van der Waals surface area contributed by atoms with E-state index >= 15 is 0 Å². The van der Waals surface area contributed by atoms with Gasteiger partial charge < -0.3 is 10.6 Å². The minimum absolute atomic E-state index is 0.0659. The van der Waals surface area contributed by atoms with E-state index in [4.69, 9.17) is 11.6 Å². The Bertz CT molecular complexity index is 821. The third-order valence-corrected chi connectivity index (χ3v) is 4.87. The van der Waals surface area contributed by atoms with Gasteiger partial charge in [-0.3, -0.25) is 4.79 Å². The van der Waals surface area contributed by atoms with Crippen molar-refractivity contribution < 1.29 is 9.18 Å². The molecule has 1 aliphatic carbocycles. The van der Waals surface area contributed by atoms with Gasteiger partial charge in [-0.15, -0.1) is 0 Å². The average molecular weight is 389 g/mol. The maximum absolute atomic E-state index is 13.3. The number of aromatic nitrogens is 2. The molecular formula is C20H22ClFN4O. The number of nitrogens with one attached hydrogen (secondary N) is 2. The molecule has 0 bridgehead atoms. The quantitative estimate of drug-likeness (QED) is 0.663. The molecule has 0 aliphatic heterocycles. The predicted molar refractivity (Wildman–Crippen MR) is 106 cm³/mol. The largest absolute Gasteiger partial charge is 0.351 e. The number of alkyl halides is 1. The molecule has 5 nitrogen and oxygen atoms in total. The van der Waals surface area contributed by atoms with E-state index < -0.39 is 6.17 Å². The maximum Gasteiger partial charge on any atom is 0.224 e. The average Bonchev–Trinajstić information content (AvgIpc) is 2.67. The van der Waals surface area contributed by atoms with Crippen molar-refractivity contribution in [3.63, 3.8) is 0 Å². The molecule has 1 aliphatic rings. The van der Waals surface area contributed by atoms with Crippen LogP contribution in [0.15, 0.2) is 43.1 Å². The Morgan fingerprint density at radius 2 is 2.04 bits per heavy atom. The van der Waals surface area contributed by atoms with Gasteiger partial charge in [0.15, 0.2) is 11.6 Å². The van der Waals surface area contributed by atoms with Crippen LogP contribution in [0.1, 0.15) is 31.2 Å². The van der Waals surface area contributed by atoms with Crippen LogP contribution in [-0.2, 0) is 11.2 Å². The number of nitrogens with zero attached hydrogens (tertiary/aromatic N) is 2. The van der Waals surface area contributed by atoms with Crippen LogP contribution >= 0.6 is 11.6 Å². The van der Waals surface area contributed by atoms with E-state index in [9.17, 15) is 9.18 Å². The number of carbonyl (C=O) groups is 1. The van der Waals surface area contributed by atoms with Gasteiger partial charge in [-0.05, 0) is 43.4 Å². The Labute approximate surface area is 163 Å². The maximum atomic E-state index is 13.3. The first-order valence-electron chi connectivity index (χ1n) is 8.98.